The molecule has 1 aliphatic carbocycles. The molecule has 0 unspecified atom stereocenters. The molecule has 3 heteroatoms. The number of rotatable bonds is 1. The fraction of sp³-hybridized carbons (Fsp3) is 0.857. The number of esters is 1. The third kappa shape index (κ3) is 0.814. The van der Waals surface area contributed by atoms with Gasteiger partial charge in [0.05, 0.1) is 7.11 Å². The molecule has 0 aliphatic heterocycles. The molecule has 0 radical (unpaired) electrons. The third-order valence-corrected chi connectivity index (χ3v) is 2.44. The summed E-state index contributed by atoms with van der Waals surface area (Å²) in [6, 6.07) is 0. The van der Waals surface area contributed by atoms with Crippen LogP contribution in [0.3, 0.4) is 0 Å². The van der Waals surface area contributed by atoms with Gasteiger partial charge in [0.2, 0.25) is 0 Å². The van der Waals surface area contributed by atoms with Gasteiger partial charge in [-0.2, -0.15) is 0 Å². The Morgan fingerprint density at radius 3 is 2.50 bits per heavy atom. The van der Waals surface area contributed by atoms with E-state index in [1.165, 1.54) is 7.11 Å². The minimum Gasteiger partial charge on any atom is -0.468 e. The maximum Gasteiger partial charge on any atom is 0.326 e. The summed E-state index contributed by atoms with van der Waals surface area (Å²) in [6.07, 6.45) is 1.80. The first-order chi connectivity index (χ1) is 4.61. The average molecular weight is 143 g/mol. The van der Waals surface area contributed by atoms with Crippen LogP contribution in [0.25, 0.3) is 0 Å². The molecule has 0 saturated heterocycles. The van der Waals surface area contributed by atoms with Crippen molar-refractivity contribution in [2.75, 3.05) is 7.11 Å². The molecule has 1 saturated carbocycles. The second-order valence-electron chi connectivity index (χ2n) is 2.97. The van der Waals surface area contributed by atoms with E-state index < -0.39 is 5.54 Å². The lowest BCUT2D eigenvalue weighted by Crippen LogP contribution is -2.60. The second kappa shape index (κ2) is 2.23. The van der Waals surface area contributed by atoms with Crippen molar-refractivity contribution in [3.05, 3.63) is 0 Å². The van der Waals surface area contributed by atoms with E-state index in [0.717, 1.165) is 12.8 Å². The summed E-state index contributed by atoms with van der Waals surface area (Å²) >= 11 is 0. The number of hydrogen-bond donors (Lipinski definition) is 1. The van der Waals surface area contributed by atoms with Gasteiger partial charge in [-0.15, -0.1) is 0 Å². The largest absolute Gasteiger partial charge is 0.468 e. The van der Waals surface area contributed by atoms with Gasteiger partial charge in [0.15, 0.2) is 0 Å². The van der Waals surface area contributed by atoms with Crippen LogP contribution >= 0.6 is 0 Å². The molecule has 1 rings (SSSR count). The monoisotopic (exact) mass is 143 g/mol. The summed E-state index contributed by atoms with van der Waals surface area (Å²) in [5, 5.41) is 0. The molecule has 3 nitrogen and oxygen atoms in total. The van der Waals surface area contributed by atoms with E-state index in [-0.39, 0.29) is 11.9 Å². The summed E-state index contributed by atoms with van der Waals surface area (Å²) in [5.41, 5.74) is 5.05. The van der Waals surface area contributed by atoms with Crippen molar-refractivity contribution in [2.45, 2.75) is 25.3 Å². The highest BCUT2D eigenvalue weighted by Gasteiger charge is 2.47. The average Bonchev–Trinajstić information content (AvgIpc) is 1.98. The second-order valence-corrected chi connectivity index (χ2v) is 2.97. The van der Waals surface area contributed by atoms with Crippen molar-refractivity contribution >= 4 is 5.97 Å². The van der Waals surface area contributed by atoms with Crippen molar-refractivity contribution < 1.29 is 9.53 Å². The Morgan fingerprint density at radius 2 is 2.40 bits per heavy atom. The Labute approximate surface area is 60.5 Å². The molecule has 0 aromatic carbocycles. The van der Waals surface area contributed by atoms with Gasteiger partial charge in [0, 0.05) is 0 Å². The first-order valence-corrected chi connectivity index (χ1v) is 3.48. The molecular weight excluding hydrogens is 130 g/mol. The van der Waals surface area contributed by atoms with E-state index in [1.54, 1.807) is 0 Å². The molecular formula is C7H13NO2. The Bertz CT molecular complexity index is 158. The van der Waals surface area contributed by atoms with Crippen LogP contribution in [-0.2, 0) is 9.53 Å². The standard InChI is InChI=1S/C7H13NO2/c1-5-3-4-7(5,8)6(9)10-2/h5H,3-4,8H2,1-2H3/t5-,7-/m0/s1. The highest BCUT2D eigenvalue weighted by atomic mass is 16.5. The summed E-state index contributed by atoms with van der Waals surface area (Å²) in [7, 11) is 1.38. The maximum absolute atomic E-state index is 11.0. The molecule has 2 N–H and O–H groups in total. The highest BCUT2D eigenvalue weighted by molar-refractivity contribution is 5.82. The molecule has 0 spiro atoms. The fourth-order valence-electron chi connectivity index (χ4n) is 1.24. The number of hydrogen-bond acceptors (Lipinski definition) is 3. The van der Waals surface area contributed by atoms with Gasteiger partial charge >= 0.3 is 5.97 Å². The van der Waals surface area contributed by atoms with E-state index in [9.17, 15) is 4.79 Å². The van der Waals surface area contributed by atoms with Crippen LogP contribution in [-0.4, -0.2) is 18.6 Å². The molecule has 1 fully saturated rings. The Morgan fingerprint density at radius 1 is 1.80 bits per heavy atom. The summed E-state index contributed by atoms with van der Waals surface area (Å²) in [6.45, 7) is 1.97. The van der Waals surface area contributed by atoms with Crippen LogP contribution in [0.4, 0.5) is 0 Å². The predicted molar refractivity (Wildman–Crippen MR) is 37.3 cm³/mol. The normalized spacial score (nSPS) is 38.5. The van der Waals surface area contributed by atoms with Gasteiger partial charge in [-0.05, 0) is 18.8 Å². The Kier molecular flexibility index (Phi) is 1.68. The van der Waals surface area contributed by atoms with Gasteiger partial charge in [-0.25, -0.2) is 0 Å². The van der Waals surface area contributed by atoms with E-state index in [1.807, 2.05) is 6.92 Å². The zero-order valence-corrected chi connectivity index (χ0v) is 6.39. The van der Waals surface area contributed by atoms with Gasteiger partial charge in [-0.3, -0.25) is 4.79 Å². The fourth-order valence-corrected chi connectivity index (χ4v) is 1.24. The van der Waals surface area contributed by atoms with E-state index >= 15 is 0 Å². The summed E-state index contributed by atoms with van der Waals surface area (Å²) < 4.78 is 4.56. The number of methoxy groups -OCH3 is 1. The van der Waals surface area contributed by atoms with Gasteiger partial charge in [-0.1, -0.05) is 6.92 Å². The van der Waals surface area contributed by atoms with Gasteiger partial charge < -0.3 is 10.5 Å². The third-order valence-electron chi connectivity index (χ3n) is 2.44. The lowest BCUT2D eigenvalue weighted by Gasteiger charge is -2.41. The van der Waals surface area contributed by atoms with Crippen LogP contribution < -0.4 is 5.73 Å². The van der Waals surface area contributed by atoms with Gasteiger partial charge in [0.25, 0.3) is 0 Å². The van der Waals surface area contributed by atoms with E-state index in [0.29, 0.717) is 0 Å². The molecule has 0 aromatic rings. The molecule has 0 bridgehead atoms. The number of carbonyl (C=O) groups is 1. The lowest BCUT2D eigenvalue weighted by molar-refractivity contribution is -0.153. The molecule has 1 aliphatic rings. The van der Waals surface area contributed by atoms with Crippen LogP contribution in [0.15, 0.2) is 0 Å². The predicted octanol–water partition coefficient (Wildman–Crippen LogP) is 0.287. The maximum atomic E-state index is 11.0. The van der Waals surface area contributed by atoms with Crippen LogP contribution in [0, 0.1) is 5.92 Å². The zero-order chi connectivity index (χ0) is 7.78. The topological polar surface area (TPSA) is 52.3 Å². The Hall–Kier alpha value is -0.570. The van der Waals surface area contributed by atoms with Crippen LogP contribution in [0.2, 0.25) is 0 Å². The molecule has 0 amide bonds. The number of carbonyl (C=O) groups excluding carboxylic acids is 1. The number of ether oxygens (including phenoxy) is 1. The van der Waals surface area contributed by atoms with Gasteiger partial charge in [0.1, 0.15) is 5.54 Å². The van der Waals surface area contributed by atoms with Crippen molar-refractivity contribution in [1.82, 2.24) is 0 Å². The quantitative estimate of drug-likeness (QED) is 0.537. The summed E-state index contributed by atoms with van der Waals surface area (Å²) in [5.74, 6) is 0.00574. The highest BCUT2D eigenvalue weighted by Crippen LogP contribution is 2.36. The number of nitrogens with two attached hydrogens (primary N) is 1. The smallest absolute Gasteiger partial charge is 0.326 e. The molecule has 58 valence electrons. The minimum absolute atomic E-state index is 0.272. The van der Waals surface area contributed by atoms with Crippen molar-refractivity contribution in [3.8, 4) is 0 Å². The summed E-state index contributed by atoms with van der Waals surface area (Å²) in [4.78, 5) is 11.0. The van der Waals surface area contributed by atoms with Crippen LogP contribution in [0.1, 0.15) is 19.8 Å². The van der Waals surface area contributed by atoms with Crippen molar-refractivity contribution in [1.29, 1.82) is 0 Å². The van der Waals surface area contributed by atoms with E-state index in [2.05, 4.69) is 4.74 Å². The van der Waals surface area contributed by atoms with Crippen LogP contribution in [0.5, 0.6) is 0 Å². The van der Waals surface area contributed by atoms with Crippen molar-refractivity contribution in [3.63, 3.8) is 0 Å². The SMILES string of the molecule is COC(=O)[C@]1(N)CC[C@@H]1C. The molecule has 2 atom stereocenters. The molecule has 0 aromatic heterocycles. The first kappa shape index (κ1) is 7.54. The van der Waals surface area contributed by atoms with Crippen molar-refractivity contribution in [2.24, 2.45) is 11.7 Å². The minimum atomic E-state index is -0.672. The molecule has 10 heavy (non-hydrogen) atoms. The zero-order valence-electron chi connectivity index (χ0n) is 6.39. The Balaban J connectivity index is 2.60. The van der Waals surface area contributed by atoms with E-state index in [4.69, 9.17) is 5.73 Å². The lowest BCUT2D eigenvalue weighted by atomic mass is 9.68. The molecule has 0 heterocycles. The first-order valence-electron chi connectivity index (χ1n) is 3.48.